The molecule has 4 nitrogen and oxygen atoms in total. The Morgan fingerprint density at radius 3 is 3.08 bits per heavy atom. The minimum Gasteiger partial charge on any atom is -0.391 e. The maximum Gasteiger partial charge on any atom is 0.145 e. The van der Waals surface area contributed by atoms with Gasteiger partial charge >= 0.3 is 0 Å². The number of rotatable bonds is 1. The van der Waals surface area contributed by atoms with Crippen LogP contribution in [0.1, 0.15) is 11.4 Å². The second-order valence-electron chi connectivity index (χ2n) is 2.61. The molecule has 0 saturated carbocycles. The molecule has 2 rings (SSSR count). The molecule has 0 bridgehead atoms. The molecule has 0 spiro atoms. The first-order chi connectivity index (χ1) is 5.83. The summed E-state index contributed by atoms with van der Waals surface area (Å²) in [5.74, 6) is 0.875. The van der Waals surface area contributed by atoms with Crippen molar-refractivity contribution in [2.45, 2.75) is 13.5 Å². The minimum atomic E-state index is -0.0200. The van der Waals surface area contributed by atoms with Crippen molar-refractivity contribution in [3.05, 3.63) is 30.0 Å². The highest BCUT2D eigenvalue weighted by Gasteiger charge is 2.03. The summed E-state index contributed by atoms with van der Waals surface area (Å²) in [5, 5.41) is 8.95. The SMILES string of the molecule is Cc1ncc(CO)c2nccn12. The molecule has 2 aromatic heterocycles. The van der Waals surface area contributed by atoms with Crippen molar-refractivity contribution in [1.29, 1.82) is 0 Å². The molecule has 0 aliphatic rings. The summed E-state index contributed by atoms with van der Waals surface area (Å²) in [5.41, 5.74) is 1.54. The molecule has 0 fully saturated rings. The first-order valence-electron chi connectivity index (χ1n) is 3.71. The van der Waals surface area contributed by atoms with E-state index >= 15 is 0 Å². The fraction of sp³-hybridized carbons (Fsp3) is 0.250. The van der Waals surface area contributed by atoms with E-state index in [1.165, 1.54) is 0 Å². The largest absolute Gasteiger partial charge is 0.391 e. The smallest absolute Gasteiger partial charge is 0.145 e. The van der Waals surface area contributed by atoms with Crippen LogP contribution in [-0.2, 0) is 6.61 Å². The van der Waals surface area contributed by atoms with E-state index in [1.807, 2.05) is 17.5 Å². The summed E-state index contributed by atoms with van der Waals surface area (Å²) in [6, 6.07) is 0. The van der Waals surface area contributed by atoms with E-state index in [0.29, 0.717) is 0 Å². The monoisotopic (exact) mass is 163 g/mol. The number of aryl methyl sites for hydroxylation is 1. The summed E-state index contributed by atoms with van der Waals surface area (Å²) in [6.07, 6.45) is 5.18. The third kappa shape index (κ3) is 0.887. The van der Waals surface area contributed by atoms with Gasteiger partial charge < -0.3 is 5.11 Å². The van der Waals surface area contributed by atoms with Crippen LogP contribution in [0.5, 0.6) is 0 Å². The van der Waals surface area contributed by atoms with Crippen LogP contribution in [0.3, 0.4) is 0 Å². The quantitative estimate of drug-likeness (QED) is 0.667. The molecule has 62 valence electrons. The number of nitrogens with zero attached hydrogens (tertiary/aromatic N) is 3. The summed E-state index contributed by atoms with van der Waals surface area (Å²) >= 11 is 0. The number of hydrogen-bond donors (Lipinski definition) is 1. The molecule has 4 heteroatoms. The van der Waals surface area contributed by atoms with E-state index in [1.54, 1.807) is 12.4 Å². The van der Waals surface area contributed by atoms with Crippen LogP contribution in [0.15, 0.2) is 18.6 Å². The van der Waals surface area contributed by atoms with E-state index in [0.717, 1.165) is 17.0 Å². The molecule has 0 aliphatic heterocycles. The Balaban J connectivity index is 2.82. The Labute approximate surface area is 69.5 Å². The van der Waals surface area contributed by atoms with Gasteiger partial charge in [0.05, 0.1) is 6.61 Å². The van der Waals surface area contributed by atoms with Gasteiger partial charge in [-0.25, -0.2) is 9.97 Å². The average molecular weight is 163 g/mol. The van der Waals surface area contributed by atoms with Gasteiger partial charge in [0.1, 0.15) is 11.5 Å². The van der Waals surface area contributed by atoms with Crippen LogP contribution in [-0.4, -0.2) is 19.5 Å². The number of aliphatic hydroxyl groups excluding tert-OH is 1. The van der Waals surface area contributed by atoms with Crippen LogP contribution < -0.4 is 0 Å². The zero-order chi connectivity index (χ0) is 8.55. The Kier molecular flexibility index (Phi) is 1.55. The molecule has 0 aromatic carbocycles. The number of aliphatic hydroxyl groups is 1. The van der Waals surface area contributed by atoms with Crippen molar-refractivity contribution < 1.29 is 5.11 Å². The van der Waals surface area contributed by atoms with Gasteiger partial charge in [0.25, 0.3) is 0 Å². The highest BCUT2D eigenvalue weighted by atomic mass is 16.3. The zero-order valence-electron chi connectivity index (χ0n) is 6.73. The van der Waals surface area contributed by atoms with Gasteiger partial charge in [0, 0.05) is 24.2 Å². The van der Waals surface area contributed by atoms with Gasteiger partial charge in [-0.3, -0.25) is 4.40 Å². The lowest BCUT2D eigenvalue weighted by Gasteiger charge is -2.01. The van der Waals surface area contributed by atoms with Gasteiger partial charge in [-0.05, 0) is 6.92 Å². The lowest BCUT2D eigenvalue weighted by Crippen LogP contribution is -1.98. The van der Waals surface area contributed by atoms with E-state index < -0.39 is 0 Å². The average Bonchev–Trinajstić information content (AvgIpc) is 2.54. The van der Waals surface area contributed by atoms with Gasteiger partial charge in [-0.2, -0.15) is 0 Å². The molecule has 2 heterocycles. The number of fused-ring (bicyclic) bond motifs is 1. The summed E-state index contributed by atoms with van der Waals surface area (Å²) in [4.78, 5) is 8.23. The zero-order valence-corrected chi connectivity index (χ0v) is 6.73. The lowest BCUT2D eigenvalue weighted by atomic mass is 10.3. The molecule has 12 heavy (non-hydrogen) atoms. The van der Waals surface area contributed by atoms with Gasteiger partial charge in [-0.15, -0.1) is 0 Å². The fourth-order valence-electron chi connectivity index (χ4n) is 1.20. The lowest BCUT2D eigenvalue weighted by molar-refractivity contribution is 0.282. The van der Waals surface area contributed by atoms with E-state index in [-0.39, 0.29) is 6.61 Å². The van der Waals surface area contributed by atoms with Crippen molar-refractivity contribution in [2.75, 3.05) is 0 Å². The van der Waals surface area contributed by atoms with Crippen molar-refractivity contribution in [2.24, 2.45) is 0 Å². The van der Waals surface area contributed by atoms with Crippen LogP contribution >= 0.6 is 0 Å². The first-order valence-corrected chi connectivity index (χ1v) is 3.71. The predicted octanol–water partition coefficient (Wildman–Crippen LogP) is 0.530. The van der Waals surface area contributed by atoms with Crippen molar-refractivity contribution in [3.8, 4) is 0 Å². The molecule has 0 unspecified atom stereocenters. The Hall–Kier alpha value is -1.42. The van der Waals surface area contributed by atoms with Crippen LogP contribution in [0, 0.1) is 6.92 Å². The summed E-state index contributed by atoms with van der Waals surface area (Å²) < 4.78 is 1.85. The van der Waals surface area contributed by atoms with Gasteiger partial charge in [0.2, 0.25) is 0 Å². The first kappa shape index (κ1) is 7.24. The molecule has 0 radical (unpaired) electrons. The van der Waals surface area contributed by atoms with Crippen LogP contribution in [0.25, 0.3) is 5.65 Å². The van der Waals surface area contributed by atoms with E-state index in [2.05, 4.69) is 9.97 Å². The fourth-order valence-corrected chi connectivity index (χ4v) is 1.20. The molecule has 0 saturated heterocycles. The number of hydrogen-bond acceptors (Lipinski definition) is 3. The second-order valence-corrected chi connectivity index (χ2v) is 2.61. The highest BCUT2D eigenvalue weighted by Crippen LogP contribution is 2.08. The summed E-state index contributed by atoms with van der Waals surface area (Å²) in [7, 11) is 0. The maximum atomic E-state index is 8.95. The van der Waals surface area contributed by atoms with Crippen molar-refractivity contribution in [1.82, 2.24) is 14.4 Å². The molecular weight excluding hydrogens is 154 g/mol. The van der Waals surface area contributed by atoms with Crippen molar-refractivity contribution in [3.63, 3.8) is 0 Å². The molecule has 0 aliphatic carbocycles. The standard InChI is InChI=1S/C8H9N3O/c1-6-10-4-7(5-12)8-9-2-3-11(6)8/h2-4,12H,5H2,1H3. The predicted molar refractivity (Wildman–Crippen MR) is 43.6 cm³/mol. The van der Waals surface area contributed by atoms with Gasteiger partial charge in [-0.1, -0.05) is 0 Å². The third-order valence-electron chi connectivity index (χ3n) is 1.85. The minimum absolute atomic E-state index is 0.0200. The Morgan fingerprint density at radius 1 is 1.50 bits per heavy atom. The topological polar surface area (TPSA) is 50.4 Å². The normalized spacial score (nSPS) is 10.8. The number of aromatic nitrogens is 3. The Bertz CT molecular complexity index is 408. The van der Waals surface area contributed by atoms with E-state index in [9.17, 15) is 0 Å². The second kappa shape index (κ2) is 2.57. The van der Waals surface area contributed by atoms with Crippen LogP contribution in [0.2, 0.25) is 0 Å². The summed E-state index contributed by atoms with van der Waals surface area (Å²) in [6.45, 7) is 1.88. The highest BCUT2D eigenvalue weighted by molar-refractivity contribution is 5.46. The number of imidazole rings is 1. The molecule has 1 N–H and O–H groups in total. The molecular formula is C8H9N3O. The molecule has 0 atom stereocenters. The van der Waals surface area contributed by atoms with E-state index in [4.69, 9.17) is 5.11 Å². The van der Waals surface area contributed by atoms with Gasteiger partial charge in [0.15, 0.2) is 0 Å². The molecule has 0 amide bonds. The Morgan fingerprint density at radius 2 is 2.33 bits per heavy atom. The third-order valence-corrected chi connectivity index (χ3v) is 1.85. The molecule has 2 aromatic rings. The van der Waals surface area contributed by atoms with Crippen molar-refractivity contribution >= 4 is 5.65 Å². The van der Waals surface area contributed by atoms with Crippen LogP contribution in [0.4, 0.5) is 0 Å². The maximum absolute atomic E-state index is 8.95.